The average molecular weight is 260 g/mol. The van der Waals surface area contributed by atoms with E-state index in [-0.39, 0.29) is 0 Å². The Balaban J connectivity index is 3.34. The van der Waals surface area contributed by atoms with Gasteiger partial charge < -0.3 is 0 Å². The van der Waals surface area contributed by atoms with Crippen LogP contribution in [0.25, 0.3) is 0 Å². The van der Waals surface area contributed by atoms with E-state index < -0.39 is 0 Å². The zero-order valence-corrected chi connectivity index (χ0v) is 13.2. The number of hydrogen-bond acceptors (Lipinski definition) is 0. The van der Waals surface area contributed by atoms with Crippen molar-refractivity contribution in [2.45, 2.75) is 0 Å². The van der Waals surface area contributed by atoms with Crippen molar-refractivity contribution >= 4 is 42.2 Å². The Bertz CT molecular complexity index is 81.9. The van der Waals surface area contributed by atoms with Gasteiger partial charge in [-0.2, -0.15) is 0 Å². The van der Waals surface area contributed by atoms with Crippen LogP contribution >= 0.6 is 42.2 Å². The Morgan fingerprint density at radius 1 is 0.833 bits per heavy atom. The summed E-state index contributed by atoms with van der Waals surface area (Å²) in [5, 5.41) is 0. The first kappa shape index (κ1) is 14.2. The first-order valence-corrected chi connectivity index (χ1v) is 12.6. The van der Waals surface area contributed by atoms with Crippen molar-refractivity contribution < 1.29 is 0 Å². The molecular weight excluding hydrogens is 239 g/mol. The minimum atomic E-state index is 0.469. The predicted molar refractivity (Wildman–Crippen MR) is 77.4 cm³/mol. The van der Waals surface area contributed by atoms with E-state index in [9.17, 15) is 0 Å². The molecule has 0 N–H and O–H groups in total. The van der Waals surface area contributed by atoms with Crippen molar-refractivity contribution in [3.8, 4) is 0 Å². The van der Waals surface area contributed by atoms with E-state index in [1.54, 1.807) is 17.7 Å². The van der Waals surface area contributed by atoms with Crippen LogP contribution in [0.15, 0.2) is 0 Å². The third-order valence-electron chi connectivity index (χ3n) is 1.40. The van der Waals surface area contributed by atoms with Gasteiger partial charge in [-0.1, -0.05) is 7.92 Å². The van der Waals surface area contributed by atoms with Crippen molar-refractivity contribution in [3.63, 3.8) is 0 Å². The molecule has 0 heterocycles. The lowest BCUT2D eigenvalue weighted by Crippen LogP contribution is -1.83. The van der Waals surface area contributed by atoms with Crippen LogP contribution in [0.4, 0.5) is 0 Å². The lowest BCUT2D eigenvalue weighted by molar-refractivity contribution is 1.89. The van der Waals surface area contributed by atoms with Crippen LogP contribution in [0.5, 0.6) is 0 Å². The van der Waals surface area contributed by atoms with E-state index in [2.05, 4.69) is 20.0 Å². The third kappa shape index (κ3) is 8.74. The van der Waals surface area contributed by atoms with Crippen LogP contribution in [-0.4, -0.2) is 43.6 Å². The minimum absolute atomic E-state index is 0.469. The fraction of sp³-hybridized carbons (Fsp3) is 1.00. The van der Waals surface area contributed by atoms with Gasteiger partial charge in [0.2, 0.25) is 0 Å². The normalized spacial score (nSPS) is 17.2. The molecule has 0 spiro atoms. The van der Waals surface area contributed by atoms with E-state index >= 15 is 0 Å². The standard InChI is InChI=1S/C7H21P5/c1-8-4-11-7-12(5-9-2)6-10-3/h8-11H,4-7H2,1-3H3. The van der Waals surface area contributed by atoms with Crippen LogP contribution in [0, 0.1) is 0 Å². The molecule has 0 rings (SSSR count). The summed E-state index contributed by atoms with van der Waals surface area (Å²) in [4.78, 5) is 0. The Kier molecular flexibility index (Phi) is 13.2. The van der Waals surface area contributed by atoms with E-state index in [1.807, 2.05) is 0 Å². The molecule has 0 radical (unpaired) electrons. The van der Waals surface area contributed by atoms with Gasteiger partial charge in [0.15, 0.2) is 0 Å². The zero-order valence-electron chi connectivity index (χ0n) is 8.28. The lowest BCUT2D eigenvalue weighted by Gasteiger charge is -2.15. The summed E-state index contributed by atoms with van der Waals surface area (Å²) in [6.45, 7) is 7.05. The summed E-state index contributed by atoms with van der Waals surface area (Å²) in [5.41, 5.74) is 0. The largest absolute Gasteiger partial charge is 0.121 e. The van der Waals surface area contributed by atoms with Crippen molar-refractivity contribution in [1.82, 2.24) is 0 Å². The molecule has 4 atom stereocenters. The minimum Gasteiger partial charge on any atom is -0.121 e. The summed E-state index contributed by atoms with van der Waals surface area (Å²) in [6, 6.07) is 0. The molecule has 12 heavy (non-hydrogen) atoms. The first-order chi connectivity index (χ1) is 5.85. The Hall–Kier alpha value is 2.15. The van der Waals surface area contributed by atoms with E-state index in [1.165, 1.54) is 40.2 Å². The van der Waals surface area contributed by atoms with Crippen molar-refractivity contribution in [2.75, 3.05) is 43.6 Å². The molecule has 0 aliphatic rings. The maximum atomic E-state index is 2.36. The van der Waals surface area contributed by atoms with Gasteiger partial charge in [-0.15, -0.1) is 34.3 Å². The van der Waals surface area contributed by atoms with Gasteiger partial charge in [-0.25, -0.2) is 0 Å². The predicted octanol–water partition coefficient (Wildman–Crippen LogP) is 3.90. The van der Waals surface area contributed by atoms with Gasteiger partial charge in [0, 0.05) is 0 Å². The molecule has 4 unspecified atom stereocenters. The molecule has 0 bridgehead atoms. The SMILES string of the molecule is CPCPCP(CPC)CPC. The van der Waals surface area contributed by atoms with Gasteiger partial charge in [-0.05, 0) is 43.6 Å². The van der Waals surface area contributed by atoms with Gasteiger partial charge in [0.05, 0.1) is 0 Å². The van der Waals surface area contributed by atoms with Crippen LogP contribution in [0.3, 0.4) is 0 Å². The fourth-order valence-corrected chi connectivity index (χ4v) is 12.6. The highest BCUT2D eigenvalue weighted by molar-refractivity contribution is 7.79. The second-order valence-electron chi connectivity index (χ2n) is 2.63. The Morgan fingerprint density at radius 2 is 1.42 bits per heavy atom. The monoisotopic (exact) mass is 260 g/mol. The lowest BCUT2D eigenvalue weighted by atomic mass is 11.8. The van der Waals surface area contributed by atoms with Crippen molar-refractivity contribution in [3.05, 3.63) is 0 Å². The molecule has 0 aromatic carbocycles. The summed E-state index contributed by atoms with van der Waals surface area (Å²) in [6.07, 6.45) is 0. The molecule has 74 valence electrons. The number of rotatable bonds is 8. The molecule has 0 aliphatic carbocycles. The average Bonchev–Trinajstić information content (AvgIpc) is 2.06. The van der Waals surface area contributed by atoms with Gasteiger partial charge in [-0.3, -0.25) is 0 Å². The van der Waals surface area contributed by atoms with Crippen molar-refractivity contribution in [1.29, 1.82) is 0 Å². The topological polar surface area (TPSA) is 0 Å². The fourth-order valence-electron chi connectivity index (χ4n) is 0.954. The zero-order chi connectivity index (χ0) is 9.23. The molecule has 0 aromatic heterocycles. The van der Waals surface area contributed by atoms with Crippen LogP contribution < -0.4 is 0 Å². The Labute approximate surface area is 86.1 Å². The smallest absolute Gasteiger partial charge is 0.0139 e. The van der Waals surface area contributed by atoms with E-state index in [0.29, 0.717) is 7.92 Å². The van der Waals surface area contributed by atoms with Crippen LogP contribution in [-0.2, 0) is 0 Å². The molecule has 0 saturated carbocycles. The first-order valence-electron chi connectivity index (χ1n) is 4.22. The highest BCUT2D eigenvalue weighted by Crippen LogP contribution is 2.49. The molecule has 5 heteroatoms. The quantitative estimate of drug-likeness (QED) is 0.458. The molecule has 0 fully saturated rings. The molecule has 0 nitrogen and oxygen atoms in total. The van der Waals surface area contributed by atoms with Crippen LogP contribution in [0.1, 0.15) is 0 Å². The molecule has 0 aliphatic heterocycles. The van der Waals surface area contributed by atoms with E-state index in [0.717, 1.165) is 0 Å². The Morgan fingerprint density at radius 3 is 1.83 bits per heavy atom. The highest BCUT2D eigenvalue weighted by atomic mass is 31.2. The second kappa shape index (κ2) is 11.2. The molecule has 0 aromatic rings. The molecule has 0 amide bonds. The van der Waals surface area contributed by atoms with Crippen molar-refractivity contribution in [2.24, 2.45) is 0 Å². The second-order valence-corrected chi connectivity index (χ2v) is 11.8. The van der Waals surface area contributed by atoms with Gasteiger partial charge >= 0.3 is 0 Å². The van der Waals surface area contributed by atoms with E-state index in [4.69, 9.17) is 0 Å². The molecular formula is C7H21P5. The molecule has 0 saturated heterocycles. The maximum absolute atomic E-state index is 2.36. The summed E-state index contributed by atoms with van der Waals surface area (Å²) in [5.74, 6) is 6.24. The summed E-state index contributed by atoms with van der Waals surface area (Å²) >= 11 is 0. The van der Waals surface area contributed by atoms with Gasteiger partial charge in [0.1, 0.15) is 0 Å². The summed E-state index contributed by atoms with van der Waals surface area (Å²) < 4.78 is 0. The van der Waals surface area contributed by atoms with Crippen LogP contribution in [0.2, 0.25) is 0 Å². The highest BCUT2D eigenvalue weighted by Gasteiger charge is 2.04. The third-order valence-corrected chi connectivity index (χ3v) is 12.6. The summed E-state index contributed by atoms with van der Waals surface area (Å²) in [7, 11) is 5.34. The maximum Gasteiger partial charge on any atom is -0.0139 e. The van der Waals surface area contributed by atoms with Gasteiger partial charge in [0.25, 0.3) is 0 Å². The number of hydrogen-bond donors (Lipinski definition) is 0.